The number of hydrogen-bond acceptors (Lipinski definition) is 2. The summed E-state index contributed by atoms with van der Waals surface area (Å²) < 4.78 is 26.0. The molecular weight excluding hydrogens is 264 g/mol. The lowest BCUT2D eigenvalue weighted by Gasteiger charge is -2.27. The van der Waals surface area contributed by atoms with Crippen molar-refractivity contribution in [1.29, 1.82) is 0 Å². The fraction of sp³-hybridized carbons (Fsp3) is 0.533. The van der Waals surface area contributed by atoms with Gasteiger partial charge in [-0.3, -0.25) is 4.79 Å². The normalized spacial score (nSPS) is 14.8. The Kier molecular flexibility index (Phi) is 5.22. The van der Waals surface area contributed by atoms with Gasteiger partial charge in [0.05, 0.1) is 12.1 Å². The minimum atomic E-state index is -1.10. The van der Waals surface area contributed by atoms with E-state index in [9.17, 15) is 18.7 Å². The molecule has 0 aliphatic rings. The van der Waals surface area contributed by atoms with Crippen molar-refractivity contribution >= 4 is 5.91 Å². The molecule has 0 aliphatic heterocycles. The smallest absolute Gasteiger partial charge is 0.225 e. The van der Waals surface area contributed by atoms with Crippen LogP contribution in [-0.4, -0.2) is 17.1 Å². The summed E-state index contributed by atoms with van der Waals surface area (Å²) in [4.78, 5) is 12.0. The van der Waals surface area contributed by atoms with Crippen LogP contribution in [0.2, 0.25) is 0 Å². The van der Waals surface area contributed by atoms with Crippen molar-refractivity contribution in [1.82, 2.24) is 5.32 Å². The number of hydrogen-bond donors (Lipinski definition) is 2. The van der Waals surface area contributed by atoms with Gasteiger partial charge in [0.2, 0.25) is 5.91 Å². The van der Waals surface area contributed by atoms with Crippen molar-refractivity contribution in [3.05, 3.63) is 35.4 Å². The molecule has 0 aliphatic carbocycles. The molecule has 2 N–H and O–H groups in total. The molecule has 0 aromatic heterocycles. The molecule has 3 nitrogen and oxygen atoms in total. The molecule has 0 spiro atoms. The zero-order valence-electron chi connectivity index (χ0n) is 12.2. The molecule has 112 valence electrons. The van der Waals surface area contributed by atoms with Gasteiger partial charge in [-0.1, -0.05) is 26.8 Å². The summed E-state index contributed by atoms with van der Waals surface area (Å²) in [5.74, 6) is -2.17. The van der Waals surface area contributed by atoms with Crippen LogP contribution in [0.3, 0.4) is 0 Å². The number of aliphatic hydroxyl groups excluding tert-OH is 1. The topological polar surface area (TPSA) is 49.3 Å². The molecule has 5 heteroatoms. The Morgan fingerprint density at radius 1 is 1.35 bits per heavy atom. The van der Waals surface area contributed by atoms with Crippen molar-refractivity contribution in [2.75, 3.05) is 0 Å². The quantitative estimate of drug-likeness (QED) is 0.874. The molecular formula is C15H21F2NO2. The van der Waals surface area contributed by atoms with Crippen LogP contribution in [0.25, 0.3) is 0 Å². The van der Waals surface area contributed by atoms with Crippen molar-refractivity contribution < 1.29 is 18.7 Å². The van der Waals surface area contributed by atoms with Crippen molar-refractivity contribution in [3.8, 4) is 0 Å². The number of carbonyl (C=O) groups is 1. The molecule has 2 atom stereocenters. The van der Waals surface area contributed by atoms with E-state index in [4.69, 9.17) is 0 Å². The van der Waals surface area contributed by atoms with Gasteiger partial charge < -0.3 is 10.4 Å². The maximum atomic E-state index is 13.1. The molecule has 0 fully saturated rings. The molecule has 0 saturated heterocycles. The summed E-state index contributed by atoms with van der Waals surface area (Å²) in [7, 11) is 0. The average Bonchev–Trinajstić information content (AvgIpc) is 2.40. The zero-order chi connectivity index (χ0) is 15.5. The number of rotatable bonds is 5. The first-order chi connectivity index (χ1) is 9.19. The third-order valence-electron chi connectivity index (χ3n) is 3.62. The van der Waals surface area contributed by atoms with Gasteiger partial charge in [0.1, 0.15) is 0 Å². The van der Waals surface area contributed by atoms with E-state index < -0.39 is 29.2 Å². The Morgan fingerprint density at radius 2 is 1.95 bits per heavy atom. The second kappa shape index (κ2) is 6.31. The molecule has 0 radical (unpaired) electrons. The number of benzene rings is 1. The summed E-state index contributed by atoms with van der Waals surface area (Å²) in [5, 5.41) is 12.8. The second-order valence-electron chi connectivity index (χ2n) is 5.62. The van der Waals surface area contributed by atoms with Gasteiger partial charge in [0.25, 0.3) is 0 Å². The molecule has 0 saturated carbocycles. The fourth-order valence-corrected chi connectivity index (χ4v) is 1.63. The van der Waals surface area contributed by atoms with Crippen molar-refractivity contribution in [2.45, 2.75) is 46.3 Å². The molecule has 0 bridgehead atoms. The van der Waals surface area contributed by atoms with Crippen LogP contribution in [0.4, 0.5) is 8.78 Å². The number of amides is 1. The summed E-state index contributed by atoms with van der Waals surface area (Å²) in [6, 6.07) is 2.60. The summed E-state index contributed by atoms with van der Waals surface area (Å²) in [6.45, 7) is 7.13. The first-order valence-electron chi connectivity index (χ1n) is 6.63. The van der Waals surface area contributed by atoms with Gasteiger partial charge in [0.15, 0.2) is 11.6 Å². The largest absolute Gasteiger partial charge is 0.386 e. The fourth-order valence-electron chi connectivity index (χ4n) is 1.63. The lowest BCUT2D eigenvalue weighted by molar-refractivity contribution is -0.131. The van der Waals surface area contributed by atoms with E-state index in [1.165, 1.54) is 6.07 Å². The lowest BCUT2D eigenvalue weighted by Crippen LogP contribution is -2.44. The monoisotopic (exact) mass is 285 g/mol. The van der Waals surface area contributed by atoms with Gasteiger partial charge in [-0.15, -0.1) is 0 Å². The van der Waals surface area contributed by atoms with Crippen LogP contribution < -0.4 is 5.32 Å². The highest BCUT2D eigenvalue weighted by atomic mass is 19.2. The summed E-state index contributed by atoms with van der Waals surface area (Å²) in [5.41, 5.74) is -0.312. The van der Waals surface area contributed by atoms with E-state index in [-0.39, 0.29) is 11.5 Å². The van der Waals surface area contributed by atoms with Crippen LogP contribution in [-0.2, 0) is 4.79 Å². The Labute approximate surface area is 118 Å². The highest BCUT2D eigenvalue weighted by molar-refractivity contribution is 5.82. The highest BCUT2D eigenvalue weighted by Gasteiger charge is 2.28. The predicted molar refractivity (Wildman–Crippen MR) is 73.0 cm³/mol. The van der Waals surface area contributed by atoms with Gasteiger partial charge in [-0.05, 0) is 31.0 Å². The van der Waals surface area contributed by atoms with Crippen molar-refractivity contribution in [2.24, 2.45) is 5.41 Å². The number of nitrogens with one attached hydrogen (secondary N) is 1. The molecule has 1 aromatic carbocycles. The zero-order valence-corrected chi connectivity index (χ0v) is 12.2. The number of carbonyl (C=O) groups excluding carboxylic acids is 1. The molecule has 1 aromatic rings. The van der Waals surface area contributed by atoms with Crippen LogP contribution >= 0.6 is 0 Å². The molecule has 20 heavy (non-hydrogen) atoms. The van der Waals surface area contributed by atoms with Gasteiger partial charge in [0, 0.05) is 5.41 Å². The van der Waals surface area contributed by atoms with E-state index >= 15 is 0 Å². The second-order valence-corrected chi connectivity index (χ2v) is 5.62. The first kappa shape index (κ1) is 16.6. The van der Waals surface area contributed by atoms with E-state index in [0.717, 1.165) is 12.1 Å². The van der Waals surface area contributed by atoms with Gasteiger partial charge in [-0.25, -0.2) is 8.78 Å². The third kappa shape index (κ3) is 3.76. The predicted octanol–water partition coefficient (Wildman–Crippen LogP) is 2.94. The van der Waals surface area contributed by atoms with Gasteiger partial charge >= 0.3 is 0 Å². The van der Waals surface area contributed by atoms with Crippen LogP contribution in [0, 0.1) is 17.0 Å². The molecule has 1 rings (SSSR count). The van der Waals surface area contributed by atoms with Crippen LogP contribution in [0.15, 0.2) is 18.2 Å². The molecule has 1 amide bonds. The Balaban J connectivity index is 2.79. The number of halogens is 2. The maximum Gasteiger partial charge on any atom is 0.225 e. The minimum Gasteiger partial charge on any atom is -0.386 e. The first-order valence-corrected chi connectivity index (χ1v) is 6.63. The Hall–Kier alpha value is -1.49. The van der Waals surface area contributed by atoms with Crippen molar-refractivity contribution in [3.63, 3.8) is 0 Å². The Morgan fingerprint density at radius 3 is 2.45 bits per heavy atom. The van der Waals surface area contributed by atoms with E-state index in [1.54, 1.807) is 20.8 Å². The van der Waals surface area contributed by atoms with E-state index in [0.29, 0.717) is 6.42 Å². The van der Waals surface area contributed by atoms with E-state index in [2.05, 4.69) is 5.32 Å². The summed E-state index contributed by atoms with van der Waals surface area (Å²) >= 11 is 0. The highest BCUT2D eigenvalue weighted by Crippen LogP contribution is 2.23. The average molecular weight is 285 g/mol. The third-order valence-corrected chi connectivity index (χ3v) is 3.62. The molecule has 2 unspecified atom stereocenters. The standard InChI is InChI=1S/C15H21F2NO2/c1-5-15(3,4)14(20)18-9(2)13(19)10-6-7-11(16)12(17)8-10/h6-9,13,19H,5H2,1-4H3,(H,18,20). The lowest BCUT2D eigenvalue weighted by atomic mass is 9.88. The molecule has 0 heterocycles. The SMILES string of the molecule is CCC(C)(C)C(=O)NC(C)C(O)c1ccc(F)c(F)c1. The summed E-state index contributed by atoms with van der Waals surface area (Å²) in [6.07, 6.45) is -0.436. The maximum absolute atomic E-state index is 13.1. The van der Waals surface area contributed by atoms with E-state index in [1.807, 2.05) is 6.92 Å². The minimum absolute atomic E-state index is 0.186. The van der Waals surface area contributed by atoms with Gasteiger partial charge in [-0.2, -0.15) is 0 Å². The van der Waals surface area contributed by atoms with Crippen LogP contribution in [0.5, 0.6) is 0 Å². The van der Waals surface area contributed by atoms with Crippen LogP contribution in [0.1, 0.15) is 45.8 Å². The Bertz CT molecular complexity index is 489. The number of aliphatic hydroxyl groups is 1.